The molecule has 0 aliphatic carbocycles. The van der Waals surface area contributed by atoms with Crippen LogP contribution in [0.5, 0.6) is 11.5 Å². The highest BCUT2D eigenvalue weighted by Gasteiger charge is 2.17. The van der Waals surface area contributed by atoms with E-state index in [9.17, 15) is 4.79 Å². The molecule has 0 saturated carbocycles. The number of ether oxygens (including phenoxy) is 2. The van der Waals surface area contributed by atoms with Crippen LogP contribution < -0.4 is 14.8 Å². The lowest BCUT2D eigenvalue weighted by Gasteiger charge is -2.08. The van der Waals surface area contributed by atoms with Crippen molar-refractivity contribution in [3.63, 3.8) is 0 Å². The van der Waals surface area contributed by atoms with Crippen LogP contribution in [0.15, 0.2) is 53.0 Å². The van der Waals surface area contributed by atoms with Crippen molar-refractivity contribution in [3.8, 4) is 22.6 Å². The number of hydrogen-bond acceptors (Lipinski definition) is 4. The molecule has 2 heterocycles. The van der Waals surface area contributed by atoms with E-state index < -0.39 is 0 Å². The molecule has 1 aliphatic rings. The Morgan fingerprint density at radius 1 is 1.18 bits per heavy atom. The minimum atomic E-state index is -0.237. The smallest absolute Gasteiger partial charge is 0.249 e. The molecule has 0 atom stereocenters. The van der Waals surface area contributed by atoms with Gasteiger partial charge < -0.3 is 14.8 Å². The van der Waals surface area contributed by atoms with Gasteiger partial charge in [-0.25, -0.2) is 0 Å². The first-order valence-electron chi connectivity index (χ1n) is 8.69. The monoisotopic (exact) mass is 439 g/mol. The molecule has 1 N–H and O–H groups in total. The first-order chi connectivity index (χ1) is 13.5. The molecular weight excluding hydrogens is 422 g/mol. The molecule has 1 amide bonds. The summed E-state index contributed by atoms with van der Waals surface area (Å²) >= 11 is 3.45. The molecule has 3 aromatic rings. The van der Waals surface area contributed by atoms with Crippen LogP contribution in [0.2, 0.25) is 0 Å². The largest absolute Gasteiger partial charge is 0.454 e. The van der Waals surface area contributed by atoms with Gasteiger partial charge in [0.15, 0.2) is 11.5 Å². The highest BCUT2D eigenvalue weighted by molar-refractivity contribution is 9.10. The summed E-state index contributed by atoms with van der Waals surface area (Å²) in [7, 11) is 1.81. The van der Waals surface area contributed by atoms with Crippen molar-refractivity contribution in [3.05, 3.63) is 64.3 Å². The van der Waals surface area contributed by atoms with E-state index in [1.165, 1.54) is 6.08 Å². The number of aryl methyl sites for hydroxylation is 2. The maximum Gasteiger partial charge on any atom is 0.249 e. The third-order valence-corrected chi connectivity index (χ3v) is 4.95. The Morgan fingerprint density at radius 2 is 1.93 bits per heavy atom. The zero-order valence-electron chi connectivity index (χ0n) is 15.4. The Hall–Kier alpha value is -3.06. The SMILES string of the molecule is Cc1nn(C)c(NC(=O)/C=C/c2ccc3c(c2)OCO3)c1-c1ccc(Br)cc1. The molecule has 1 aromatic heterocycles. The van der Waals surface area contributed by atoms with E-state index in [4.69, 9.17) is 9.47 Å². The summed E-state index contributed by atoms with van der Waals surface area (Å²) in [4.78, 5) is 12.5. The van der Waals surface area contributed by atoms with Crippen LogP contribution in [-0.2, 0) is 11.8 Å². The zero-order valence-corrected chi connectivity index (χ0v) is 17.0. The van der Waals surface area contributed by atoms with Crippen LogP contribution in [0.3, 0.4) is 0 Å². The number of benzene rings is 2. The van der Waals surface area contributed by atoms with Gasteiger partial charge in [0.2, 0.25) is 12.7 Å². The minimum absolute atomic E-state index is 0.224. The predicted octanol–water partition coefficient (Wildman–Crippen LogP) is 4.54. The number of fused-ring (bicyclic) bond motifs is 1. The highest BCUT2D eigenvalue weighted by atomic mass is 79.9. The average molecular weight is 440 g/mol. The lowest BCUT2D eigenvalue weighted by Crippen LogP contribution is -2.12. The van der Waals surface area contributed by atoms with Gasteiger partial charge in [-0.1, -0.05) is 34.1 Å². The molecule has 1 aliphatic heterocycles. The fraction of sp³-hybridized carbons (Fsp3) is 0.143. The maximum atomic E-state index is 12.5. The van der Waals surface area contributed by atoms with E-state index in [-0.39, 0.29) is 12.7 Å². The highest BCUT2D eigenvalue weighted by Crippen LogP contribution is 2.33. The predicted molar refractivity (Wildman–Crippen MR) is 111 cm³/mol. The van der Waals surface area contributed by atoms with Gasteiger partial charge >= 0.3 is 0 Å². The summed E-state index contributed by atoms with van der Waals surface area (Å²) in [6.07, 6.45) is 3.23. The Balaban J connectivity index is 1.55. The number of anilines is 1. The molecule has 0 fully saturated rings. The van der Waals surface area contributed by atoms with Gasteiger partial charge in [0.05, 0.1) is 5.69 Å². The fourth-order valence-electron chi connectivity index (χ4n) is 3.11. The van der Waals surface area contributed by atoms with Crippen molar-refractivity contribution >= 4 is 33.7 Å². The minimum Gasteiger partial charge on any atom is -0.454 e. The van der Waals surface area contributed by atoms with E-state index in [0.29, 0.717) is 17.3 Å². The molecule has 142 valence electrons. The molecule has 2 aromatic carbocycles. The Kier molecular flexibility index (Phi) is 4.92. The summed E-state index contributed by atoms with van der Waals surface area (Å²) in [5.41, 5.74) is 3.59. The van der Waals surface area contributed by atoms with E-state index >= 15 is 0 Å². The second-order valence-corrected chi connectivity index (χ2v) is 7.29. The number of carbonyl (C=O) groups excluding carboxylic acids is 1. The van der Waals surface area contributed by atoms with E-state index in [1.807, 2.05) is 56.4 Å². The summed E-state index contributed by atoms with van der Waals surface area (Å²) in [6, 6.07) is 13.5. The molecule has 0 radical (unpaired) electrons. The van der Waals surface area contributed by atoms with Crippen LogP contribution in [0.4, 0.5) is 5.82 Å². The van der Waals surface area contributed by atoms with Crippen molar-refractivity contribution < 1.29 is 14.3 Å². The van der Waals surface area contributed by atoms with Gasteiger partial charge in [-0.3, -0.25) is 9.48 Å². The van der Waals surface area contributed by atoms with Crippen molar-refractivity contribution in [2.24, 2.45) is 7.05 Å². The number of carbonyl (C=O) groups is 1. The second kappa shape index (κ2) is 7.52. The number of amides is 1. The number of halogens is 1. The quantitative estimate of drug-likeness (QED) is 0.606. The summed E-state index contributed by atoms with van der Waals surface area (Å²) in [5.74, 6) is 1.81. The van der Waals surface area contributed by atoms with Crippen LogP contribution in [0.1, 0.15) is 11.3 Å². The van der Waals surface area contributed by atoms with Gasteiger partial charge in [-0.05, 0) is 48.4 Å². The van der Waals surface area contributed by atoms with Crippen LogP contribution in [-0.4, -0.2) is 22.5 Å². The number of hydrogen-bond donors (Lipinski definition) is 1. The zero-order chi connectivity index (χ0) is 19.7. The average Bonchev–Trinajstić information content (AvgIpc) is 3.25. The summed E-state index contributed by atoms with van der Waals surface area (Å²) in [5, 5.41) is 7.40. The van der Waals surface area contributed by atoms with Gasteiger partial charge in [-0.15, -0.1) is 0 Å². The lowest BCUT2D eigenvalue weighted by atomic mass is 10.1. The van der Waals surface area contributed by atoms with Crippen LogP contribution in [0.25, 0.3) is 17.2 Å². The summed E-state index contributed by atoms with van der Waals surface area (Å²) < 4.78 is 13.3. The summed E-state index contributed by atoms with van der Waals surface area (Å²) in [6.45, 7) is 2.15. The van der Waals surface area contributed by atoms with Gasteiger partial charge in [0, 0.05) is 23.2 Å². The molecule has 0 saturated heterocycles. The van der Waals surface area contributed by atoms with E-state index in [1.54, 1.807) is 10.8 Å². The van der Waals surface area contributed by atoms with E-state index in [2.05, 4.69) is 26.3 Å². The van der Waals surface area contributed by atoms with E-state index in [0.717, 1.165) is 26.9 Å². The lowest BCUT2D eigenvalue weighted by molar-refractivity contribution is -0.111. The molecule has 0 spiro atoms. The topological polar surface area (TPSA) is 65.4 Å². The van der Waals surface area contributed by atoms with Crippen molar-refractivity contribution in [2.75, 3.05) is 12.1 Å². The van der Waals surface area contributed by atoms with Crippen LogP contribution >= 0.6 is 15.9 Å². The number of nitrogens with zero attached hydrogens (tertiary/aromatic N) is 2. The number of aromatic nitrogens is 2. The van der Waals surface area contributed by atoms with Crippen molar-refractivity contribution in [2.45, 2.75) is 6.92 Å². The molecule has 0 bridgehead atoms. The molecule has 0 unspecified atom stereocenters. The normalized spacial score (nSPS) is 12.5. The first kappa shape index (κ1) is 18.3. The van der Waals surface area contributed by atoms with Crippen LogP contribution in [0, 0.1) is 6.92 Å². The second-order valence-electron chi connectivity index (χ2n) is 6.37. The molecule has 7 heteroatoms. The number of nitrogens with one attached hydrogen (secondary N) is 1. The van der Waals surface area contributed by atoms with Crippen molar-refractivity contribution in [1.29, 1.82) is 0 Å². The van der Waals surface area contributed by atoms with Crippen molar-refractivity contribution in [1.82, 2.24) is 9.78 Å². The Labute approximate surface area is 170 Å². The fourth-order valence-corrected chi connectivity index (χ4v) is 3.38. The molecule has 4 rings (SSSR count). The third-order valence-electron chi connectivity index (χ3n) is 4.42. The maximum absolute atomic E-state index is 12.5. The standard InChI is InChI=1S/C21H18BrN3O3/c1-13-20(15-5-7-16(22)8-6-15)21(25(2)24-13)23-19(26)10-4-14-3-9-17-18(11-14)28-12-27-17/h3-11H,12H2,1-2H3,(H,23,26)/b10-4+. The first-order valence-corrected chi connectivity index (χ1v) is 9.49. The Morgan fingerprint density at radius 3 is 2.71 bits per heavy atom. The van der Waals surface area contributed by atoms with Gasteiger partial charge in [0.25, 0.3) is 0 Å². The number of rotatable bonds is 4. The van der Waals surface area contributed by atoms with Gasteiger partial charge in [0.1, 0.15) is 5.82 Å². The third kappa shape index (κ3) is 3.66. The Bertz CT molecular complexity index is 1070. The molecule has 6 nitrogen and oxygen atoms in total. The molecular formula is C21H18BrN3O3. The molecule has 28 heavy (non-hydrogen) atoms. The van der Waals surface area contributed by atoms with Gasteiger partial charge in [-0.2, -0.15) is 5.10 Å².